The SMILES string of the molecule is CC1=CC(=O)[C@]2(O[C@@H]3O[C@H](CO)[C@@H](O)[C@@H](O)[C@H]3O)C=CO[C@@H](O[C@@H]3O[C@H](CO)[C@@H](O)[C@H](O)[C@H]3O)[C@H]12. The van der Waals surface area contributed by atoms with E-state index in [0.29, 0.717) is 5.57 Å². The van der Waals surface area contributed by atoms with Crippen molar-refractivity contribution < 1.29 is 69.3 Å². The Labute approximate surface area is 199 Å². The van der Waals surface area contributed by atoms with Crippen LogP contribution in [0.5, 0.6) is 0 Å². The van der Waals surface area contributed by atoms with Crippen LogP contribution in [-0.2, 0) is 28.5 Å². The summed E-state index contributed by atoms with van der Waals surface area (Å²) in [5.41, 5.74) is -1.45. The molecule has 0 radical (unpaired) electrons. The Balaban J connectivity index is 1.58. The predicted molar refractivity (Wildman–Crippen MR) is 109 cm³/mol. The van der Waals surface area contributed by atoms with Crippen LogP contribution in [0.2, 0.25) is 0 Å². The summed E-state index contributed by atoms with van der Waals surface area (Å²) in [4.78, 5) is 13.1. The van der Waals surface area contributed by atoms with Crippen LogP contribution in [0.15, 0.2) is 24.0 Å². The lowest BCUT2D eigenvalue weighted by Gasteiger charge is -2.47. The molecular formula is C21H30O14. The molecule has 8 N–H and O–H groups in total. The minimum absolute atomic E-state index is 0.415. The highest BCUT2D eigenvalue weighted by atomic mass is 16.8. The largest absolute Gasteiger partial charge is 0.472 e. The lowest BCUT2D eigenvalue weighted by Crippen LogP contribution is -2.63. The lowest BCUT2D eigenvalue weighted by molar-refractivity contribution is -0.354. The highest BCUT2D eigenvalue weighted by molar-refractivity contribution is 6.03. The highest BCUT2D eigenvalue weighted by Gasteiger charge is 2.60. The van der Waals surface area contributed by atoms with Gasteiger partial charge in [0.25, 0.3) is 0 Å². The molecule has 4 rings (SSSR count). The maximum Gasteiger partial charge on any atom is 0.211 e. The van der Waals surface area contributed by atoms with Crippen molar-refractivity contribution in [2.75, 3.05) is 13.2 Å². The molecule has 2 saturated heterocycles. The fraction of sp³-hybridized carbons (Fsp3) is 0.762. The topological polar surface area (TPSA) is 225 Å². The first-order valence-corrected chi connectivity index (χ1v) is 11.1. The summed E-state index contributed by atoms with van der Waals surface area (Å²) in [5.74, 6) is -1.61. The molecule has 4 aliphatic rings. The Morgan fingerprint density at radius 1 is 0.829 bits per heavy atom. The third-order valence-corrected chi connectivity index (χ3v) is 6.77. The Kier molecular flexibility index (Phi) is 7.64. The molecule has 0 bridgehead atoms. The zero-order chi connectivity index (χ0) is 25.7. The Morgan fingerprint density at radius 3 is 1.94 bits per heavy atom. The van der Waals surface area contributed by atoms with Gasteiger partial charge in [0.15, 0.2) is 24.0 Å². The van der Waals surface area contributed by atoms with Gasteiger partial charge in [-0.3, -0.25) is 4.79 Å². The van der Waals surface area contributed by atoms with Gasteiger partial charge in [-0.1, -0.05) is 5.57 Å². The number of aliphatic hydroxyl groups is 8. The lowest BCUT2D eigenvalue weighted by atomic mass is 9.83. The third kappa shape index (κ3) is 4.43. The minimum Gasteiger partial charge on any atom is -0.472 e. The number of ketones is 1. The standard InChI is InChI=1S/C21H30O14/c1-7-4-10(24)21(35-20-17(30)15(28)13(26)9(6-23)33-20)2-3-31-18(11(7)21)34-19-16(29)14(27)12(25)8(5-22)32-19/h2-4,8-9,11-20,22-23,25-30H,5-6H2,1H3/t8-,9-,11+,12-,13-,14+,15-,16-,17-,18+,19+,20+,21-/m1/s1. The number of carbonyl (C=O) groups excluding carboxylic acids is 1. The summed E-state index contributed by atoms with van der Waals surface area (Å²) in [6.45, 7) is 0.197. The van der Waals surface area contributed by atoms with Crippen molar-refractivity contribution >= 4 is 5.78 Å². The number of fused-ring (bicyclic) bond motifs is 1. The van der Waals surface area contributed by atoms with Gasteiger partial charge in [-0.25, -0.2) is 0 Å². The number of hydrogen-bond acceptors (Lipinski definition) is 14. The van der Waals surface area contributed by atoms with E-state index in [9.17, 15) is 45.6 Å². The van der Waals surface area contributed by atoms with E-state index in [1.54, 1.807) is 6.92 Å². The fourth-order valence-corrected chi connectivity index (χ4v) is 4.75. The molecule has 0 saturated carbocycles. The zero-order valence-electron chi connectivity index (χ0n) is 18.6. The van der Waals surface area contributed by atoms with Gasteiger partial charge in [-0.05, 0) is 19.1 Å². The molecule has 13 atom stereocenters. The van der Waals surface area contributed by atoms with Crippen molar-refractivity contribution in [2.45, 2.75) is 80.2 Å². The van der Waals surface area contributed by atoms with Crippen LogP contribution in [0.4, 0.5) is 0 Å². The molecule has 14 nitrogen and oxygen atoms in total. The molecular weight excluding hydrogens is 476 g/mol. The third-order valence-electron chi connectivity index (χ3n) is 6.77. The van der Waals surface area contributed by atoms with Gasteiger partial charge in [0.05, 0.1) is 25.4 Å². The second-order valence-electron chi connectivity index (χ2n) is 8.98. The first-order chi connectivity index (χ1) is 16.5. The maximum atomic E-state index is 13.1. The van der Waals surface area contributed by atoms with Crippen molar-refractivity contribution in [3.63, 3.8) is 0 Å². The molecule has 3 aliphatic heterocycles. The average molecular weight is 506 g/mol. The molecule has 1 aliphatic carbocycles. The molecule has 0 aromatic rings. The van der Waals surface area contributed by atoms with Crippen molar-refractivity contribution in [3.8, 4) is 0 Å². The summed E-state index contributed by atoms with van der Waals surface area (Å²) in [6, 6.07) is 0. The minimum atomic E-state index is -1.87. The molecule has 0 aromatic carbocycles. The van der Waals surface area contributed by atoms with E-state index in [1.807, 2.05) is 0 Å². The van der Waals surface area contributed by atoms with Gasteiger partial charge < -0.3 is 64.5 Å². The summed E-state index contributed by atoms with van der Waals surface area (Å²) in [7, 11) is 0. The van der Waals surface area contributed by atoms with Gasteiger partial charge in [0, 0.05) is 0 Å². The average Bonchev–Trinajstić information content (AvgIpc) is 3.09. The normalized spacial score (nSPS) is 50.0. The molecule has 0 unspecified atom stereocenters. The first kappa shape index (κ1) is 26.5. The van der Waals surface area contributed by atoms with Gasteiger partial charge in [-0.2, -0.15) is 0 Å². The summed E-state index contributed by atoms with van der Waals surface area (Å²) >= 11 is 0. The molecule has 0 aromatic heterocycles. The Bertz CT molecular complexity index is 844. The van der Waals surface area contributed by atoms with Gasteiger partial charge in [0.2, 0.25) is 6.29 Å². The van der Waals surface area contributed by atoms with Crippen LogP contribution >= 0.6 is 0 Å². The predicted octanol–water partition coefficient (Wildman–Crippen LogP) is -4.63. The quantitative estimate of drug-likeness (QED) is 0.170. The van der Waals surface area contributed by atoms with E-state index in [4.69, 9.17) is 23.7 Å². The molecule has 2 fully saturated rings. The number of carbonyl (C=O) groups is 1. The molecule has 14 heteroatoms. The zero-order valence-corrected chi connectivity index (χ0v) is 18.6. The van der Waals surface area contributed by atoms with Crippen LogP contribution < -0.4 is 0 Å². The van der Waals surface area contributed by atoms with E-state index in [0.717, 1.165) is 6.26 Å². The first-order valence-electron chi connectivity index (χ1n) is 11.1. The van der Waals surface area contributed by atoms with Crippen LogP contribution in [-0.4, -0.2) is 133 Å². The van der Waals surface area contributed by atoms with Crippen LogP contribution in [0.25, 0.3) is 0 Å². The van der Waals surface area contributed by atoms with E-state index in [2.05, 4.69) is 0 Å². The van der Waals surface area contributed by atoms with Gasteiger partial charge in [0.1, 0.15) is 48.8 Å². The number of ether oxygens (including phenoxy) is 5. The van der Waals surface area contributed by atoms with E-state index in [1.165, 1.54) is 12.2 Å². The Morgan fingerprint density at radius 2 is 1.37 bits per heavy atom. The second kappa shape index (κ2) is 10.1. The molecule has 3 heterocycles. The van der Waals surface area contributed by atoms with Gasteiger partial charge >= 0.3 is 0 Å². The van der Waals surface area contributed by atoms with Crippen molar-refractivity contribution in [3.05, 3.63) is 24.0 Å². The van der Waals surface area contributed by atoms with Crippen LogP contribution in [0.3, 0.4) is 0 Å². The highest BCUT2D eigenvalue weighted by Crippen LogP contribution is 2.46. The molecule has 0 amide bonds. The number of rotatable bonds is 6. The second-order valence-corrected chi connectivity index (χ2v) is 8.98. The molecule has 35 heavy (non-hydrogen) atoms. The van der Waals surface area contributed by atoms with Gasteiger partial charge in [-0.15, -0.1) is 0 Å². The monoisotopic (exact) mass is 506 g/mol. The molecule has 198 valence electrons. The number of aliphatic hydroxyl groups excluding tert-OH is 8. The van der Waals surface area contributed by atoms with Crippen LogP contribution in [0, 0.1) is 5.92 Å². The Hall–Kier alpha value is -1.53. The summed E-state index contributed by atoms with van der Waals surface area (Å²) in [5, 5.41) is 79.7. The maximum absolute atomic E-state index is 13.1. The summed E-state index contributed by atoms with van der Waals surface area (Å²) in [6.07, 6.45) is -13.7. The van der Waals surface area contributed by atoms with E-state index in [-0.39, 0.29) is 0 Å². The smallest absolute Gasteiger partial charge is 0.211 e. The van der Waals surface area contributed by atoms with E-state index < -0.39 is 98.2 Å². The summed E-state index contributed by atoms with van der Waals surface area (Å²) < 4.78 is 27.9. The van der Waals surface area contributed by atoms with E-state index >= 15 is 0 Å². The van der Waals surface area contributed by atoms with Crippen molar-refractivity contribution in [1.82, 2.24) is 0 Å². The fourth-order valence-electron chi connectivity index (χ4n) is 4.75. The number of hydrogen-bond donors (Lipinski definition) is 8. The molecule has 0 spiro atoms. The van der Waals surface area contributed by atoms with Crippen molar-refractivity contribution in [1.29, 1.82) is 0 Å². The van der Waals surface area contributed by atoms with Crippen LogP contribution in [0.1, 0.15) is 6.92 Å². The van der Waals surface area contributed by atoms with Crippen molar-refractivity contribution in [2.24, 2.45) is 5.92 Å².